The molecule has 3 aromatic rings. The van der Waals surface area contributed by atoms with E-state index in [4.69, 9.17) is 0 Å². The Morgan fingerprint density at radius 1 is 1.15 bits per heavy atom. The molecule has 0 spiro atoms. The van der Waals surface area contributed by atoms with Crippen LogP contribution in [0, 0.1) is 12.7 Å². The molecule has 1 N–H and O–H groups in total. The van der Waals surface area contributed by atoms with Crippen LogP contribution in [0.3, 0.4) is 0 Å². The van der Waals surface area contributed by atoms with E-state index in [2.05, 4.69) is 20.9 Å². The van der Waals surface area contributed by atoms with Crippen LogP contribution in [-0.2, 0) is 0 Å². The van der Waals surface area contributed by atoms with Gasteiger partial charge in [0.1, 0.15) is 5.82 Å². The number of ketones is 1. The zero-order valence-corrected chi connectivity index (χ0v) is 12.3. The number of carbonyl (C=O) groups is 1. The van der Waals surface area contributed by atoms with Gasteiger partial charge >= 0.3 is 0 Å². The molecule has 0 bridgehead atoms. The molecule has 100 valence electrons. The molecule has 0 saturated carbocycles. The van der Waals surface area contributed by atoms with Crippen molar-refractivity contribution in [3.63, 3.8) is 0 Å². The number of aromatic amines is 1. The highest BCUT2D eigenvalue weighted by Crippen LogP contribution is 2.29. The molecule has 0 aliphatic heterocycles. The number of aromatic nitrogens is 1. The minimum Gasteiger partial charge on any atom is -0.360 e. The monoisotopic (exact) mass is 331 g/mol. The van der Waals surface area contributed by atoms with E-state index in [1.807, 2.05) is 18.2 Å². The Morgan fingerprint density at radius 3 is 2.70 bits per heavy atom. The molecule has 0 atom stereocenters. The van der Waals surface area contributed by atoms with Crippen molar-refractivity contribution in [2.24, 2.45) is 0 Å². The van der Waals surface area contributed by atoms with Crippen molar-refractivity contribution in [2.45, 2.75) is 6.92 Å². The van der Waals surface area contributed by atoms with Gasteiger partial charge in [-0.15, -0.1) is 0 Å². The third-order valence-electron chi connectivity index (χ3n) is 3.34. The van der Waals surface area contributed by atoms with Crippen LogP contribution in [0.25, 0.3) is 10.9 Å². The van der Waals surface area contributed by atoms with E-state index >= 15 is 0 Å². The van der Waals surface area contributed by atoms with Crippen LogP contribution in [0.2, 0.25) is 0 Å². The van der Waals surface area contributed by atoms with Gasteiger partial charge in [0.2, 0.25) is 0 Å². The molecule has 4 heteroatoms. The highest BCUT2D eigenvalue weighted by atomic mass is 79.9. The zero-order chi connectivity index (χ0) is 14.3. The summed E-state index contributed by atoms with van der Waals surface area (Å²) in [7, 11) is 0. The predicted molar refractivity (Wildman–Crippen MR) is 80.6 cm³/mol. The summed E-state index contributed by atoms with van der Waals surface area (Å²) in [4.78, 5) is 15.6. The van der Waals surface area contributed by atoms with Crippen molar-refractivity contribution in [3.8, 4) is 0 Å². The van der Waals surface area contributed by atoms with Crippen LogP contribution in [0.15, 0.2) is 47.1 Å². The Hall–Kier alpha value is -1.94. The number of fused-ring (bicyclic) bond motifs is 1. The summed E-state index contributed by atoms with van der Waals surface area (Å²) in [5.41, 5.74) is 1.88. The van der Waals surface area contributed by atoms with Crippen molar-refractivity contribution < 1.29 is 9.18 Å². The first-order chi connectivity index (χ1) is 9.59. The summed E-state index contributed by atoms with van der Waals surface area (Å²) in [5, 5.41) is 0.776. The van der Waals surface area contributed by atoms with Gasteiger partial charge in [-0.2, -0.15) is 0 Å². The quantitative estimate of drug-likeness (QED) is 0.683. The number of aryl methyl sites for hydroxylation is 1. The van der Waals surface area contributed by atoms with Crippen molar-refractivity contribution in [3.05, 3.63) is 69.6 Å². The molecule has 2 nitrogen and oxygen atoms in total. The average Bonchev–Trinajstić information content (AvgIpc) is 2.86. The number of nitrogens with one attached hydrogen (secondary N) is 1. The third-order valence-corrected chi connectivity index (χ3v) is 4.00. The van der Waals surface area contributed by atoms with Gasteiger partial charge in [-0.3, -0.25) is 4.79 Å². The largest absolute Gasteiger partial charge is 0.360 e. The fourth-order valence-corrected chi connectivity index (χ4v) is 2.87. The lowest BCUT2D eigenvalue weighted by Gasteiger charge is -2.04. The first kappa shape index (κ1) is 13.1. The van der Waals surface area contributed by atoms with E-state index in [0.717, 1.165) is 15.4 Å². The van der Waals surface area contributed by atoms with Gasteiger partial charge in [0.15, 0.2) is 5.78 Å². The number of halogens is 2. The van der Waals surface area contributed by atoms with Crippen LogP contribution in [0.4, 0.5) is 4.39 Å². The van der Waals surface area contributed by atoms with E-state index < -0.39 is 5.82 Å². The van der Waals surface area contributed by atoms with Crippen LogP contribution < -0.4 is 0 Å². The topological polar surface area (TPSA) is 32.9 Å². The second-order valence-electron chi connectivity index (χ2n) is 4.63. The lowest BCUT2D eigenvalue weighted by Crippen LogP contribution is -2.05. The SMILES string of the molecule is Cc1cccc(C(=O)c2c[nH]c3cccc(Br)c23)c1F. The summed E-state index contributed by atoms with van der Waals surface area (Å²) in [5.74, 6) is -0.775. The molecule has 2 aromatic carbocycles. The fourth-order valence-electron chi connectivity index (χ4n) is 2.29. The molecule has 0 aliphatic carbocycles. The smallest absolute Gasteiger partial charge is 0.198 e. The van der Waals surface area contributed by atoms with E-state index in [-0.39, 0.29) is 11.3 Å². The summed E-state index contributed by atoms with van der Waals surface area (Å²) >= 11 is 3.43. The highest BCUT2D eigenvalue weighted by molar-refractivity contribution is 9.10. The van der Waals surface area contributed by atoms with Crippen molar-refractivity contribution >= 4 is 32.6 Å². The Morgan fingerprint density at radius 2 is 1.90 bits per heavy atom. The first-order valence-electron chi connectivity index (χ1n) is 6.15. The van der Waals surface area contributed by atoms with Crippen LogP contribution >= 0.6 is 15.9 Å². The van der Waals surface area contributed by atoms with Crippen LogP contribution in [0.5, 0.6) is 0 Å². The molecule has 0 amide bonds. The minimum absolute atomic E-state index is 0.0988. The van der Waals surface area contributed by atoms with Crippen molar-refractivity contribution in [1.82, 2.24) is 4.98 Å². The maximum Gasteiger partial charge on any atom is 0.198 e. The molecule has 3 rings (SSSR count). The second kappa shape index (κ2) is 4.87. The number of hydrogen-bond acceptors (Lipinski definition) is 1. The molecule has 0 fully saturated rings. The summed E-state index contributed by atoms with van der Waals surface area (Å²) in [6, 6.07) is 10.5. The molecule has 1 heterocycles. The average molecular weight is 332 g/mol. The minimum atomic E-state index is -0.459. The van der Waals surface area contributed by atoms with E-state index in [1.165, 1.54) is 6.07 Å². The molecule has 0 aliphatic rings. The van der Waals surface area contributed by atoms with Crippen molar-refractivity contribution in [2.75, 3.05) is 0 Å². The number of rotatable bonds is 2. The molecule has 0 saturated heterocycles. The van der Waals surface area contributed by atoms with Gasteiger partial charge in [-0.25, -0.2) is 4.39 Å². The second-order valence-corrected chi connectivity index (χ2v) is 5.48. The molecular weight excluding hydrogens is 321 g/mol. The van der Waals surface area contributed by atoms with Gasteiger partial charge in [0, 0.05) is 27.1 Å². The maximum absolute atomic E-state index is 14.1. The number of carbonyl (C=O) groups excluding carboxylic acids is 1. The number of benzene rings is 2. The van der Waals surface area contributed by atoms with Crippen molar-refractivity contribution in [1.29, 1.82) is 0 Å². The Kier molecular flexibility index (Phi) is 3.18. The summed E-state index contributed by atoms with van der Waals surface area (Å²) < 4.78 is 14.9. The summed E-state index contributed by atoms with van der Waals surface area (Å²) in [6.45, 7) is 1.65. The maximum atomic E-state index is 14.1. The van der Waals surface area contributed by atoms with Gasteiger partial charge in [-0.1, -0.05) is 34.1 Å². The van der Waals surface area contributed by atoms with E-state index in [9.17, 15) is 9.18 Å². The van der Waals surface area contributed by atoms with E-state index in [1.54, 1.807) is 25.3 Å². The lowest BCUT2D eigenvalue weighted by atomic mass is 10.0. The number of hydrogen-bond donors (Lipinski definition) is 1. The highest BCUT2D eigenvalue weighted by Gasteiger charge is 2.19. The standard InChI is InChI=1S/C16H11BrFNO/c1-9-4-2-5-10(15(9)18)16(20)11-8-19-13-7-3-6-12(17)14(11)13/h2-8,19H,1H3. The molecule has 20 heavy (non-hydrogen) atoms. The predicted octanol–water partition coefficient (Wildman–Crippen LogP) is 4.61. The van der Waals surface area contributed by atoms with Gasteiger partial charge < -0.3 is 4.98 Å². The zero-order valence-electron chi connectivity index (χ0n) is 10.7. The number of H-pyrrole nitrogens is 1. The molecule has 1 aromatic heterocycles. The molecular formula is C16H11BrFNO. The van der Waals surface area contributed by atoms with Gasteiger partial charge in [0.05, 0.1) is 5.56 Å². The van der Waals surface area contributed by atoms with Crippen LogP contribution in [0.1, 0.15) is 21.5 Å². The lowest BCUT2D eigenvalue weighted by molar-refractivity contribution is 0.103. The van der Waals surface area contributed by atoms with Gasteiger partial charge in [-0.05, 0) is 30.7 Å². The molecule has 0 unspecified atom stereocenters. The van der Waals surface area contributed by atoms with Gasteiger partial charge in [0.25, 0.3) is 0 Å². The van der Waals surface area contributed by atoms with E-state index in [0.29, 0.717) is 11.1 Å². The normalized spacial score (nSPS) is 10.9. The Balaban J connectivity index is 2.21. The summed E-state index contributed by atoms with van der Waals surface area (Å²) in [6.07, 6.45) is 1.62. The molecule has 0 radical (unpaired) electrons. The third kappa shape index (κ3) is 1.96. The Bertz CT molecular complexity index is 822. The Labute approximate surface area is 123 Å². The van der Waals surface area contributed by atoms with Crippen LogP contribution in [-0.4, -0.2) is 10.8 Å². The first-order valence-corrected chi connectivity index (χ1v) is 6.94. The fraction of sp³-hybridized carbons (Fsp3) is 0.0625.